The molecule has 0 atom stereocenters. The minimum atomic E-state index is 0.148. The van der Waals surface area contributed by atoms with Gasteiger partial charge in [0.2, 0.25) is 0 Å². The molecule has 1 amide bonds. The Morgan fingerprint density at radius 2 is 1.92 bits per heavy atom. The number of carbonyl (C=O) groups excluding carboxylic acids is 1. The van der Waals surface area contributed by atoms with Gasteiger partial charge in [0.05, 0.1) is 3.79 Å². The van der Waals surface area contributed by atoms with Gasteiger partial charge in [0.15, 0.2) is 0 Å². The van der Waals surface area contributed by atoms with Crippen LogP contribution in [0, 0.1) is 0 Å². The maximum atomic E-state index is 13.1. The minimum Gasteiger partial charge on any atom is -0.339 e. The average Bonchev–Trinajstić information content (AvgIpc) is 3.07. The first-order chi connectivity index (χ1) is 12.7. The normalized spacial score (nSPS) is 15.5. The van der Waals surface area contributed by atoms with Crippen LogP contribution < -0.4 is 5.73 Å². The van der Waals surface area contributed by atoms with E-state index in [1.807, 2.05) is 17.0 Å². The lowest BCUT2D eigenvalue weighted by molar-refractivity contribution is 0.0715. The molecule has 0 radical (unpaired) electrons. The molecule has 2 aromatic carbocycles. The van der Waals surface area contributed by atoms with E-state index in [0.717, 1.165) is 45.4 Å². The molecule has 2 N–H and O–H groups in total. The molecule has 4 rings (SSSR count). The molecule has 2 heterocycles. The Balaban J connectivity index is 1.49. The monoisotopic (exact) mass is 428 g/mol. The van der Waals surface area contributed by atoms with Gasteiger partial charge < -0.3 is 10.6 Å². The van der Waals surface area contributed by atoms with Gasteiger partial charge >= 0.3 is 0 Å². The number of amides is 1. The van der Waals surface area contributed by atoms with Gasteiger partial charge in [-0.2, -0.15) is 0 Å². The molecule has 3 nitrogen and oxygen atoms in total. The number of rotatable bonds is 3. The summed E-state index contributed by atoms with van der Waals surface area (Å²) in [6.45, 7) is 2.18. The van der Waals surface area contributed by atoms with E-state index < -0.39 is 0 Å². The van der Waals surface area contributed by atoms with Gasteiger partial charge in [-0.25, -0.2) is 0 Å². The van der Waals surface area contributed by atoms with Gasteiger partial charge in [0.1, 0.15) is 0 Å². The van der Waals surface area contributed by atoms with Gasteiger partial charge in [0, 0.05) is 35.3 Å². The standard InChI is InChI=1S/C21H21BrN2OS/c22-20-12-18-17(5-2-6-19(18)26-20)21(25)24-9-7-15(8-10-24)16-4-1-3-14(11-16)13-23/h1-6,11-12,15H,7-10,13,23H2. The summed E-state index contributed by atoms with van der Waals surface area (Å²) >= 11 is 5.20. The van der Waals surface area contributed by atoms with E-state index in [4.69, 9.17) is 5.73 Å². The van der Waals surface area contributed by atoms with Crippen molar-refractivity contribution in [2.75, 3.05) is 13.1 Å². The molecule has 1 aliphatic rings. The minimum absolute atomic E-state index is 0.148. The molecular formula is C21H21BrN2OS. The number of fused-ring (bicyclic) bond motifs is 1. The van der Waals surface area contributed by atoms with Crippen LogP contribution in [0.1, 0.15) is 40.2 Å². The summed E-state index contributed by atoms with van der Waals surface area (Å²) in [5.74, 6) is 0.659. The summed E-state index contributed by atoms with van der Waals surface area (Å²) in [5.41, 5.74) is 9.11. The predicted molar refractivity (Wildman–Crippen MR) is 112 cm³/mol. The van der Waals surface area contributed by atoms with E-state index in [0.29, 0.717) is 12.5 Å². The number of thiophene rings is 1. The number of carbonyl (C=O) groups is 1. The highest BCUT2D eigenvalue weighted by molar-refractivity contribution is 9.11. The first-order valence-corrected chi connectivity index (χ1v) is 10.5. The maximum absolute atomic E-state index is 13.1. The molecule has 0 unspecified atom stereocenters. The number of likely N-dealkylation sites (tertiary alicyclic amines) is 1. The third kappa shape index (κ3) is 3.43. The van der Waals surface area contributed by atoms with Gasteiger partial charge in [-0.05, 0) is 64.0 Å². The van der Waals surface area contributed by atoms with E-state index in [9.17, 15) is 4.79 Å². The lowest BCUT2D eigenvalue weighted by Crippen LogP contribution is -2.38. The van der Waals surface area contributed by atoms with Crippen LogP contribution in [0.4, 0.5) is 0 Å². The van der Waals surface area contributed by atoms with Gasteiger partial charge in [-0.15, -0.1) is 11.3 Å². The zero-order valence-electron chi connectivity index (χ0n) is 14.5. The van der Waals surface area contributed by atoms with Crippen LogP contribution in [0.2, 0.25) is 0 Å². The van der Waals surface area contributed by atoms with Gasteiger partial charge in [0.25, 0.3) is 5.91 Å². The van der Waals surface area contributed by atoms with Crippen molar-refractivity contribution in [3.05, 3.63) is 69.0 Å². The van der Waals surface area contributed by atoms with Gasteiger partial charge in [-0.1, -0.05) is 30.3 Å². The SMILES string of the molecule is NCc1cccc(C2CCN(C(=O)c3cccc4sc(Br)cc34)CC2)c1. The summed E-state index contributed by atoms with van der Waals surface area (Å²) in [4.78, 5) is 15.1. The number of halogens is 1. The smallest absolute Gasteiger partial charge is 0.254 e. The van der Waals surface area contributed by atoms with E-state index in [2.05, 4.69) is 52.3 Å². The largest absolute Gasteiger partial charge is 0.339 e. The van der Waals surface area contributed by atoms with Crippen LogP contribution in [-0.4, -0.2) is 23.9 Å². The van der Waals surface area contributed by atoms with Crippen LogP contribution in [0.25, 0.3) is 10.1 Å². The predicted octanol–water partition coefficient (Wildman–Crippen LogP) is 5.14. The number of nitrogens with two attached hydrogens (primary N) is 1. The number of hydrogen-bond acceptors (Lipinski definition) is 3. The third-order valence-electron chi connectivity index (χ3n) is 5.20. The number of piperidine rings is 1. The molecule has 1 aliphatic heterocycles. The van der Waals surface area contributed by atoms with E-state index in [1.165, 1.54) is 11.1 Å². The van der Waals surface area contributed by atoms with Crippen LogP contribution in [0.5, 0.6) is 0 Å². The Labute approximate surface area is 165 Å². The zero-order chi connectivity index (χ0) is 18.1. The highest BCUT2D eigenvalue weighted by Crippen LogP contribution is 2.34. The second-order valence-corrected chi connectivity index (χ2v) is 9.25. The molecule has 1 saturated heterocycles. The van der Waals surface area contributed by atoms with Crippen molar-refractivity contribution in [3.8, 4) is 0 Å². The fourth-order valence-corrected chi connectivity index (χ4v) is 5.34. The Morgan fingerprint density at radius 1 is 1.15 bits per heavy atom. The Morgan fingerprint density at radius 3 is 2.69 bits per heavy atom. The topological polar surface area (TPSA) is 46.3 Å². The quantitative estimate of drug-likeness (QED) is 0.627. The number of hydrogen-bond donors (Lipinski definition) is 1. The molecular weight excluding hydrogens is 408 g/mol. The Bertz CT molecular complexity index is 944. The third-order valence-corrected chi connectivity index (χ3v) is 6.81. The highest BCUT2D eigenvalue weighted by Gasteiger charge is 2.25. The molecule has 26 heavy (non-hydrogen) atoms. The summed E-state index contributed by atoms with van der Waals surface area (Å²) in [7, 11) is 0. The summed E-state index contributed by atoms with van der Waals surface area (Å²) < 4.78 is 2.21. The Hall–Kier alpha value is -1.69. The fourth-order valence-electron chi connectivity index (χ4n) is 3.78. The highest BCUT2D eigenvalue weighted by atomic mass is 79.9. The number of benzene rings is 2. The lowest BCUT2D eigenvalue weighted by Gasteiger charge is -2.32. The summed E-state index contributed by atoms with van der Waals surface area (Å²) in [5, 5.41) is 1.05. The molecule has 0 aliphatic carbocycles. The molecule has 3 aromatic rings. The maximum Gasteiger partial charge on any atom is 0.254 e. The van der Waals surface area contributed by atoms with Crippen molar-refractivity contribution in [1.82, 2.24) is 4.90 Å². The lowest BCUT2D eigenvalue weighted by atomic mass is 9.88. The van der Waals surface area contributed by atoms with E-state index >= 15 is 0 Å². The second kappa shape index (κ2) is 7.51. The molecule has 134 valence electrons. The summed E-state index contributed by atoms with van der Waals surface area (Å²) in [6.07, 6.45) is 2.01. The molecule has 0 bridgehead atoms. The van der Waals surface area contributed by atoms with Crippen LogP contribution in [0.3, 0.4) is 0 Å². The Kier molecular flexibility index (Phi) is 5.11. The molecule has 0 spiro atoms. The van der Waals surface area contributed by atoms with Crippen molar-refractivity contribution in [2.45, 2.75) is 25.3 Å². The van der Waals surface area contributed by atoms with E-state index in [1.54, 1.807) is 11.3 Å². The zero-order valence-corrected chi connectivity index (χ0v) is 16.9. The average molecular weight is 429 g/mol. The van der Waals surface area contributed by atoms with Crippen molar-refractivity contribution >= 4 is 43.3 Å². The number of nitrogens with zero attached hydrogens (tertiary/aromatic N) is 1. The van der Waals surface area contributed by atoms with Crippen molar-refractivity contribution < 1.29 is 4.79 Å². The molecule has 0 saturated carbocycles. The fraction of sp³-hybridized carbons (Fsp3) is 0.286. The molecule has 5 heteroatoms. The molecule has 1 fully saturated rings. The van der Waals surface area contributed by atoms with Crippen molar-refractivity contribution in [3.63, 3.8) is 0 Å². The first-order valence-electron chi connectivity index (χ1n) is 8.92. The van der Waals surface area contributed by atoms with Crippen molar-refractivity contribution in [2.24, 2.45) is 5.73 Å². The van der Waals surface area contributed by atoms with E-state index in [-0.39, 0.29) is 5.91 Å². The molecule has 1 aromatic heterocycles. The summed E-state index contributed by atoms with van der Waals surface area (Å²) in [6, 6.07) is 16.6. The van der Waals surface area contributed by atoms with Crippen LogP contribution in [-0.2, 0) is 6.54 Å². The van der Waals surface area contributed by atoms with Crippen LogP contribution >= 0.6 is 27.3 Å². The van der Waals surface area contributed by atoms with Crippen LogP contribution in [0.15, 0.2) is 52.3 Å². The van der Waals surface area contributed by atoms with Gasteiger partial charge in [-0.3, -0.25) is 4.79 Å². The van der Waals surface area contributed by atoms with Crippen molar-refractivity contribution in [1.29, 1.82) is 0 Å². The first kappa shape index (κ1) is 17.7. The second-order valence-electron chi connectivity index (χ2n) is 6.78.